The number of carboxylic acid groups (broad SMARTS) is 1. The third kappa shape index (κ3) is 3.54. The molecule has 1 aromatic rings. The van der Waals surface area contributed by atoms with E-state index >= 15 is 0 Å². The van der Waals surface area contributed by atoms with Gasteiger partial charge in [0.25, 0.3) is 0 Å². The van der Waals surface area contributed by atoms with Crippen molar-refractivity contribution < 1.29 is 14.7 Å². The molecule has 1 saturated heterocycles. The Morgan fingerprint density at radius 2 is 2.10 bits per heavy atom. The van der Waals surface area contributed by atoms with Gasteiger partial charge >= 0.3 is 12.0 Å². The van der Waals surface area contributed by atoms with Crippen LogP contribution in [0.15, 0.2) is 24.3 Å². The van der Waals surface area contributed by atoms with E-state index in [0.717, 1.165) is 17.7 Å². The Labute approximate surface area is 125 Å². The molecule has 2 rings (SSSR count). The summed E-state index contributed by atoms with van der Waals surface area (Å²) >= 11 is 0. The van der Waals surface area contributed by atoms with Crippen LogP contribution in [0.2, 0.25) is 0 Å². The predicted octanol–water partition coefficient (Wildman–Crippen LogP) is 2.97. The number of carbonyl (C=O) groups is 2. The summed E-state index contributed by atoms with van der Waals surface area (Å²) < 4.78 is 0. The standard InChI is InChI=1S/C16H22N2O3/c1-3-12-6-4-5-7-14(12)17-16(21)18-9-8-13(15(19)20)10-11(18)2/h4-7,11,13H,3,8-10H2,1-2H3,(H,17,21)(H,19,20). The Kier molecular flexibility index (Phi) is 4.83. The summed E-state index contributed by atoms with van der Waals surface area (Å²) in [6, 6.07) is 7.53. The van der Waals surface area contributed by atoms with E-state index in [1.165, 1.54) is 0 Å². The fourth-order valence-electron chi connectivity index (χ4n) is 2.84. The zero-order valence-corrected chi connectivity index (χ0v) is 12.5. The normalized spacial score (nSPS) is 21.9. The summed E-state index contributed by atoms with van der Waals surface area (Å²) in [7, 11) is 0. The zero-order valence-electron chi connectivity index (χ0n) is 12.5. The molecule has 2 atom stereocenters. The zero-order chi connectivity index (χ0) is 15.4. The van der Waals surface area contributed by atoms with Crippen LogP contribution in [0.3, 0.4) is 0 Å². The van der Waals surface area contributed by atoms with Crippen LogP contribution >= 0.6 is 0 Å². The number of piperidine rings is 1. The lowest BCUT2D eigenvalue weighted by molar-refractivity contribution is -0.143. The number of likely N-dealkylation sites (tertiary alicyclic amines) is 1. The number of carboxylic acids is 1. The topological polar surface area (TPSA) is 69.6 Å². The smallest absolute Gasteiger partial charge is 0.322 e. The molecular formula is C16H22N2O3. The fourth-order valence-corrected chi connectivity index (χ4v) is 2.84. The van der Waals surface area contributed by atoms with Crippen LogP contribution in [0.1, 0.15) is 32.3 Å². The SMILES string of the molecule is CCc1ccccc1NC(=O)N1CCC(C(=O)O)CC1C. The monoisotopic (exact) mass is 290 g/mol. The van der Waals surface area contributed by atoms with Crippen LogP contribution in [-0.4, -0.2) is 34.6 Å². The Balaban J connectivity index is 2.02. The van der Waals surface area contributed by atoms with Gasteiger partial charge in [-0.2, -0.15) is 0 Å². The second-order valence-corrected chi connectivity index (χ2v) is 5.54. The molecule has 0 spiro atoms. The van der Waals surface area contributed by atoms with Crippen LogP contribution in [0.25, 0.3) is 0 Å². The maximum Gasteiger partial charge on any atom is 0.322 e. The molecule has 0 aliphatic carbocycles. The largest absolute Gasteiger partial charge is 0.481 e. The van der Waals surface area contributed by atoms with Gasteiger partial charge in [-0.25, -0.2) is 4.79 Å². The van der Waals surface area contributed by atoms with E-state index in [9.17, 15) is 9.59 Å². The lowest BCUT2D eigenvalue weighted by Gasteiger charge is -2.36. The van der Waals surface area contributed by atoms with E-state index < -0.39 is 5.97 Å². The molecule has 1 aliphatic heterocycles. The molecule has 21 heavy (non-hydrogen) atoms. The summed E-state index contributed by atoms with van der Waals surface area (Å²) in [4.78, 5) is 25.1. The number of benzene rings is 1. The summed E-state index contributed by atoms with van der Waals surface area (Å²) in [5, 5.41) is 12.0. The number of carbonyl (C=O) groups excluding carboxylic acids is 1. The van der Waals surface area contributed by atoms with Crippen LogP contribution < -0.4 is 5.32 Å². The summed E-state index contributed by atoms with van der Waals surface area (Å²) in [5.74, 6) is -1.11. The van der Waals surface area contributed by atoms with Crippen LogP contribution in [0.5, 0.6) is 0 Å². The Morgan fingerprint density at radius 1 is 1.38 bits per heavy atom. The third-order valence-corrected chi connectivity index (χ3v) is 4.13. The second kappa shape index (κ2) is 6.61. The lowest BCUT2D eigenvalue weighted by atomic mass is 9.92. The molecule has 114 valence electrons. The van der Waals surface area contributed by atoms with Gasteiger partial charge < -0.3 is 15.3 Å². The number of urea groups is 1. The van der Waals surface area contributed by atoms with Crippen molar-refractivity contribution in [3.63, 3.8) is 0 Å². The number of rotatable bonds is 3. The van der Waals surface area contributed by atoms with Crippen LogP contribution in [-0.2, 0) is 11.2 Å². The quantitative estimate of drug-likeness (QED) is 0.899. The first-order valence-corrected chi connectivity index (χ1v) is 7.41. The van der Waals surface area contributed by atoms with Crippen molar-refractivity contribution in [3.8, 4) is 0 Å². The minimum Gasteiger partial charge on any atom is -0.481 e. The average Bonchev–Trinajstić information content (AvgIpc) is 2.47. The highest BCUT2D eigenvalue weighted by Crippen LogP contribution is 2.24. The van der Waals surface area contributed by atoms with Crippen molar-refractivity contribution in [1.82, 2.24) is 4.90 Å². The van der Waals surface area contributed by atoms with Gasteiger partial charge in [0.2, 0.25) is 0 Å². The fraction of sp³-hybridized carbons (Fsp3) is 0.500. The van der Waals surface area contributed by atoms with Crippen molar-refractivity contribution in [3.05, 3.63) is 29.8 Å². The van der Waals surface area contributed by atoms with Gasteiger partial charge in [-0.15, -0.1) is 0 Å². The number of nitrogens with one attached hydrogen (secondary N) is 1. The molecule has 1 aliphatic rings. The van der Waals surface area contributed by atoms with E-state index in [1.54, 1.807) is 4.90 Å². The number of amides is 2. The Morgan fingerprint density at radius 3 is 2.71 bits per heavy atom. The highest BCUT2D eigenvalue weighted by atomic mass is 16.4. The number of aliphatic carboxylic acids is 1. The first kappa shape index (κ1) is 15.4. The number of hydrogen-bond acceptors (Lipinski definition) is 2. The molecule has 0 saturated carbocycles. The highest BCUT2D eigenvalue weighted by molar-refractivity contribution is 5.90. The van der Waals surface area contributed by atoms with Crippen molar-refractivity contribution in [2.75, 3.05) is 11.9 Å². The number of para-hydroxylation sites is 1. The minimum absolute atomic E-state index is 0.0614. The van der Waals surface area contributed by atoms with Crippen molar-refractivity contribution in [2.24, 2.45) is 5.92 Å². The Bertz CT molecular complexity index is 530. The maximum atomic E-state index is 12.4. The molecule has 5 nitrogen and oxygen atoms in total. The minimum atomic E-state index is -0.766. The number of hydrogen-bond donors (Lipinski definition) is 2. The van der Waals surface area contributed by atoms with E-state index in [4.69, 9.17) is 5.11 Å². The predicted molar refractivity (Wildman–Crippen MR) is 81.4 cm³/mol. The second-order valence-electron chi connectivity index (χ2n) is 5.54. The van der Waals surface area contributed by atoms with Crippen LogP contribution in [0, 0.1) is 5.92 Å². The first-order valence-electron chi connectivity index (χ1n) is 7.41. The molecule has 5 heteroatoms. The average molecular weight is 290 g/mol. The van der Waals surface area contributed by atoms with E-state index in [2.05, 4.69) is 5.32 Å². The van der Waals surface area contributed by atoms with E-state index in [1.807, 2.05) is 38.1 Å². The highest BCUT2D eigenvalue weighted by Gasteiger charge is 2.32. The van der Waals surface area contributed by atoms with Gasteiger partial charge in [-0.3, -0.25) is 4.79 Å². The molecule has 2 N–H and O–H groups in total. The van der Waals surface area contributed by atoms with E-state index in [-0.39, 0.29) is 18.0 Å². The molecule has 1 aromatic carbocycles. The molecule has 0 aromatic heterocycles. The molecule has 0 bridgehead atoms. The number of aryl methyl sites for hydroxylation is 1. The Hall–Kier alpha value is -2.04. The van der Waals surface area contributed by atoms with Gasteiger partial charge in [-0.05, 0) is 37.8 Å². The van der Waals surface area contributed by atoms with Crippen molar-refractivity contribution in [1.29, 1.82) is 0 Å². The molecule has 2 unspecified atom stereocenters. The molecular weight excluding hydrogens is 268 g/mol. The van der Waals surface area contributed by atoms with Crippen molar-refractivity contribution in [2.45, 2.75) is 39.2 Å². The van der Waals surface area contributed by atoms with Gasteiger partial charge in [0.1, 0.15) is 0 Å². The van der Waals surface area contributed by atoms with Gasteiger partial charge in [0, 0.05) is 18.3 Å². The first-order chi connectivity index (χ1) is 10.0. The molecule has 1 fully saturated rings. The summed E-state index contributed by atoms with van der Waals surface area (Å²) in [6.45, 7) is 4.44. The number of anilines is 1. The molecule has 0 radical (unpaired) electrons. The van der Waals surface area contributed by atoms with E-state index in [0.29, 0.717) is 19.4 Å². The summed E-state index contributed by atoms with van der Waals surface area (Å²) in [5.41, 5.74) is 1.93. The van der Waals surface area contributed by atoms with Crippen molar-refractivity contribution >= 4 is 17.7 Å². The summed E-state index contributed by atoms with van der Waals surface area (Å²) in [6.07, 6.45) is 1.88. The van der Waals surface area contributed by atoms with Gasteiger partial charge in [-0.1, -0.05) is 25.1 Å². The maximum absolute atomic E-state index is 12.4. The van der Waals surface area contributed by atoms with Gasteiger partial charge in [0.15, 0.2) is 0 Å². The third-order valence-electron chi connectivity index (χ3n) is 4.13. The molecule has 1 heterocycles. The number of nitrogens with zero attached hydrogens (tertiary/aromatic N) is 1. The lowest BCUT2D eigenvalue weighted by Crippen LogP contribution is -2.47. The van der Waals surface area contributed by atoms with Crippen LogP contribution in [0.4, 0.5) is 10.5 Å². The molecule has 2 amide bonds. The van der Waals surface area contributed by atoms with Gasteiger partial charge in [0.05, 0.1) is 5.92 Å².